The van der Waals surface area contributed by atoms with Gasteiger partial charge in [0.25, 0.3) is 0 Å². The van der Waals surface area contributed by atoms with Gasteiger partial charge in [0.1, 0.15) is 5.78 Å². The third-order valence-electron chi connectivity index (χ3n) is 6.48. The first-order valence-electron chi connectivity index (χ1n) is 8.66. The number of ketones is 1. The summed E-state index contributed by atoms with van der Waals surface area (Å²) < 4.78 is 0.992. The Kier molecular flexibility index (Phi) is 3.63. The lowest BCUT2D eigenvalue weighted by molar-refractivity contribution is -0.132. The number of nitrogens with one attached hydrogen (secondary N) is 1. The Balaban J connectivity index is 1.59. The third kappa shape index (κ3) is 2.29. The van der Waals surface area contributed by atoms with Gasteiger partial charge in [-0.05, 0) is 67.2 Å². The fourth-order valence-electron chi connectivity index (χ4n) is 5.43. The predicted molar refractivity (Wildman–Crippen MR) is 92.9 cm³/mol. The largest absolute Gasteiger partial charge is 0.326 e. The van der Waals surface area contributed by atoms with Crippen LogP contribution in [0.15, 0.2) is 28.7 Å². The molecule has 1 aromatic carbocycles. The van der Waals surface area contributed by atoms with E-state index < -0.39 is 0 Å². The smallest absolute Gasteiger partial charge is 0.228 e. The van der Waals surface area contributed by atoms with Crippen LogP contribution in [0.1, 0.15) is 39.0 Å². The van der Waals surface area contributed by atoms with Gasteiger partial charge in [-0.15, -0.1) is 0 Å². The second-order valence-corrected chi connectivity index (χ2v) is 8.31. The molecular weight excluding hydrogens is 354 g/mol. The number of benzene rings is 1. The molecule has 0 heterocycles. The number of hydrogen-bond donors (Lipinski definition) is 1. The summed E-state index contributed by atoms with van der Waals surface area (Å²) >= 11 is 3.41. The molecule has 1 spiro atoms. The molecular formula is C19H22BrNO2. The Morgan fingerprint density at radius 3 is 2.30 bits per heavy atom. The lowest BCUT2D eigenvalue weighted by atomic mass is 9.76. The molecule has 4 unspecified atom stereocenters. The number of hydrogen-bond acceptors (Lipinski definition) is 2. The topological polar surface area (TPSA) is 46.2 Å². The average molecular weight is 376 g/mol. The van der Waals surface area contributed by atoms with Gasteiger partial charge in [0.15, 0.2) is 0 Å². The lowest BCUT2D eigenvalue weighted by Gasteiger charge is -2.28. The van der Waals surface area contributed by atoms with Crippen LogP contribution in [0.25, 0.3) is 0 Å². The molecule has 3 aliphatic carbocycles. The van der Waals surface area contributed by atoms with Crippen molar-refractivity contribution < 1.29 is 9.59 Å². The molecule has 1 aromatic rings. The van der Waals surface area contributed by atoms with Crippen LogP contribution < -0.4 is 5.32 Å². The van der Waals surface area contributed by atoms with E-state index in [4.69, 9.17) is 0 Å². The summed E-state index contributed by atoms with van der Waals surface area (Å²) in [5, 5.41) is 3.06. The van der Waals surface area contributed by atoms with E-state index in [2.05, 4.69) is 21.2 Å². The van der Waals surface area contributed by atoms with Gasteiger partial charge in [0.2, 0.25) is 5.91 Å². The van der Waals surface area contributed by atoms with Crippen molar-refractivity contribution in [2.75, 3.05) is 5.32 Å². The van der Waals surface area contributed by atoms with E-state index in [0.717, 1.165) is 23.0 Å². The Labute approximate surface area is 145 Å². The van der Waals surface area contributed by atoms with Gasteiger partial charge in [-0.3, -0.25) is 9.59 Å². The molecule has 3 nitrogen and oxygen atoms in total. The van der Waals surface area contributed by atoms with Crippen molar-refractivity contribution in [3.05, 3.63) is 28.7 Å². The average Bonchev–Trinajstić information content (AvgIpc) is 3.22. The molecule has 1 amide bonds. The molecule has 4 rings (SSSR count). The molecule has 0 aromatic heterocycles. The maximum atomic E-state index is 13.0. The monoisotopic (exact) mass is 375 g/mol. The minimum atomic E-state index is -0.118. The number of Topliss-reactive ketones (excluding diaryl/α,β-unsaturated/α-hetero) is 1. The molecule has 122 valence electrons. The first kappa shape index (κ1) is 15.4. The van der Waals surface area contributed by atoms with Crippen molar-refractivity contribution in [2.45, 2.75) is 39.0 Å². The highest BCUT2D eigenvalue weighted by molar-refractivity contribution is 9.10. The summed E-state index contributed by atoms with van der Waals surface area (Å²) in [7, 11) is 0. The zero-order valence-electron chi connectivity index (χ0n) is 13.3. The van der Waals surface area contributed by atoms with E-state index in [1.807, 2.05) is 31.2 Å². The first-order valence-corrected chi connectivity index (χ1v) is 9.45. The molecule has 0 aliphatic heterocycles. The Bertz CT molecular complexity index is 650. The van der Waals surface area contributed by atoms with Crippen molar-refractivity contribution in [3.63, 3.8) is 0 Å². The van der Waals surface area contributed by atoms with Crippen LogP contribution in [0.4, 0.5) is 5.69 Å². The van der Waals surface area contributed by atoms with Crippen molar-refractivity contribution in [2.24, 2.45) is 29.1 Å². The number of anilines is 1. The highest BCUT2D eigenvalue weighted by atomic mass is 79.9. The molecule has 3 saturated carbocycles. The molecule has 1 N–H and O–H groups in total. The summed E-state index contributed by atoms with van der Waals surface area (Å²) in [4.78, 5) is 25.5. The maximum absolute atomic E-state index is 13.0. The van der Waals surface area contributed by atoms with Crippen molar-refractivity contribution in [3.8, 4) is 0 Å². The fraction of sp³-hybridized carbons (Fsp3) is 0.579. The van der Waals surface area contributed by atoms with E-state index in [1.54, 1.807) is 0 Å². The molecule has 2 bridgehead atoms. The Morgan fingerprint density at radius 2 is 1.74 bits per heavy atom. The first-order chi connectivity index (χ1) is 11.1. The second-order valence-electron chi connectivity index (χ2n) is 7.39. The number of amides is 1. The molecule has 3 aliphatic rings. The third-order valence-corrected chi connectivity index (χ3v) is 7.01. The lowest BCUT2D eigenvalue weighted by Crippen LogP contribution is -2.37. The summed E-state index contributed by atoms with van der Waals surface area (Å²) in [5.74, 6) is 1.06. The zero-order valence-corrected chi connectivity index (χ0v) is 14.9. The van der Waals surface area contributed by atoms with Crippen LogP contribution in [0.2, 0.25) is 0 Å². The quantitative estimate of drug-likeness (QED) is 0.846. The minimum absolute atomic E-state index is 0.0447. The number of carbonyl (C=O) groups is 2. The van der Waals surface area contributed by atoms with E-state index in [0.29, 0.717) is 29.5 Å². The van der Waals surface area contributed by atoms with Gasteiger partial charge in [0.05, 0.1) is 5.92 Å². The molecule has 23 heavy (non-hydrogen) atoms. The molecule has 0 radical (unpaired) electrons. The number of rotatable bonds is 4. The zero-order chi connectivity index (χ0) is 16.2. The molecule has 0 saturated heterocycles. The van der Waals surface area contributed by atoms with Crippen molar-refractivity contribution in [1.82, 2.24) is 0 Å². The summed E-state index contributed by atoms with van der Waals surface area (Å²) in [6.07, 6.45) is 5.25. The van der Waals surface area contributed by atoms with Crippen LogP contribution in [0.5, 0.6) is 0 Å². The molecule has 4 atom stereocenters. The van der Waals surface area contributed by atoms with E-state index >= 15 is 0 Å². The standard InChI is InChI=1S/C19H22BrNO2/c1-2-15(22)16-13-7-8-14(19(13)9-10-19)17(16)18(23)21-12-5-3-11(20)4-6-12/h3-6,13-14,16-17H,2,7-10H2,1H3,(H,21,23). The van der Waals surface area contributed by atoms with Crippen LogP contribution in [0, 0.1) is 29.1 Å². The van der Waals surface area contributed by atoms with Gasteiger partial charge < -0.3 is 5.32 Å². The van der Waals surface area contributed by atoms with Crippen molar-refractivity contribution in [1.29, 1.82) is 0 Å². The maximum Gasteiger partial charge on any atom is 0.228 e. The highest BCUT2D eigenvalue weighted by Gasteiger charge is 2.71. The number of carbonyl (C=O) groups excluding carboxylic acids is 2. The van der Waals surface area contributed by atoms with E-state index in [-0.39, 0.29) is 17.7 Å². The normalized spacial score (nSPS) is 33.0. The summed E-state index contributed by atoms with van der Waals surface area (Å²) in [6.45, 7) is 1.93. The Morgan fingerprint density at radius 1 is 1.13 bits per heavy atom. The number of halogens is 1. The van der Waals surface area contributed by atoms with E-state index in [9.17, 15) is 9.59 Å². The summed E-state index contributed by atoms with van der Waals surface area (Å²) in [5.41, 5.74) is 1.14. The van der Waals surface area contributed by atoms with Gasteiger partial charge in [0, 0.05) is 22.5 Å². The van der Waals surface area contributed by atoms with E-state index in [1.165, 1.54) is 12.8 Å². The molecule has 4 heteroatoms. The van der Waals surface area contributed by atoms with Gasteiger partial charge in [-0.25, -0.2) is 0 Å². The van der Waals surface area contributed by atoms with Gasteiger partial charge in [-0.1, -0.05) is 22.9 Å². The fourth-order valence-corrected chi connectivity index (χ4v) is 5.70. The predicted octanol–water partition coefficient (Wildman–Crippen LogP) is 4.42. The van der Waals surface area contributed by atoms with Gasteiger partial charge >= 0.3 is 0 Å². The highest BCUT2D eigenvalue weighted by Crippen LogP contribution is 2.74. The Hall–Kier alpha value is -1.16. The minimum Gasteiger partial charge on any atom is -0.326 e. The van der Waals surface area contributed by atoms with Crippen LogP contribution in [0.3, 0.4) is 0 Å². The van der Waals surface area contributed by atoms with Crippen LogP contribution >= 0.6 is 15.9 Å². The second kappa shape index (κ2) is 5.44. The summed E-state index contributed by atoms with van der Waals surface area (Å²) in [6, 6.07) is 7.65. The van der Waals surface area contributed by atoms with Crippen molar-refractivity contribution >= 4 is 33.3 Å². The molecule has 3 fully saturated rings. The van der Waals surface area contributed by atoms with Crippen LogP contribution in [-0.4, -0.2) is 11.7 Å². The van der Waals surface area contributed by atoms with Crippen LogP contribution in [-0.2, 0) is 9.59 Å². The van der Waals surface area contributed by atoms with Gasteiger partial charge in [-0.2, -0.15) is 0 Å². The SMILES string of the molecule is CCC(=O)C1C(C(=O)Nc2ccc(Br)cc2)C2CCC1C21CC1.